The summed E-state index contributed by atoms with van der Waals surface area (Å²) in [6, 6.07) is 0. The number of hydrogen-bond acceptors (Lipinski definition) is 2. The van der Waals surface area contributed by atoms with Crippen molar-refractivity contribution in [3.05, 3.63) is 18.3 Å². The minimum Gasteiger partial charge on any atom is -0.530 e. The zero-order valence-corrected chi connectivity index (χ0v) is 4.46. The summed E-state index contributed by atoms with van der Waals surface area (Å²) >= 11 is 0. The van der Waals surface area contributed by atoms with Crippen LogP contribution in [-0.4, -0.2) is 19.3 Å². The van der Waals surface area contributed by atoms with E-state index >= 15 is 0 Å². The van der Waals surface area contributed by atoms with Gasteiger partial charge in [0, 0.05) is 0 Å². The first-order valence-electron chi connectivity index (χ1n) is 2.74. The lowest BCUT2D eigenvalue weighted by Gasteiger charge is -2.07. The largest absolute Gasteiger partial charge is 0.530 e. The molecule has 2 aliphatic rings. The molecule has 2 heteroatoms. The average Bonchev–Trinajstić information content (AvgIpc) is 2.15. The van der Waals surface area contributed by atoms with Crippen molar-refractivity contribution in [3.8, 4) is 0 Å². The molecule has 44 valence electrons. The number of rotatable bonds is 0. The first-order chi connectivity index (χ1) is 3.97. The van der Waals surface area contributed by atoms with E-state index in [1.54, 1.807) is 0 Å². The van der Waals surface area contributed by atoms with Crippen LogP contribution in [0.25, 0.3) is 0 Å². The van der Waals surface area contributed by atoms with Crippen LogP contribution in [0.15, 0.2) is 11.8 Å². The predicted octanol–water partition coefficient (Wildman–Crippen LogP) is 0.504. The van der Waals surface area contributed by atoms with E-state index in [0.29, 0.717) is 0 Å². The Labute approximate surface area is 48.1 Å². The number of hydrogen-bond donors (Lipinski definition) is 0. The van der Waals surface area contributed by atoms with E-state index in [9.17, 15) is 0 Å². The van der Waals surface area contributed by atoms with Gasteiger partial charge in [-0.15, -0.1) is 0 Å². The maximum absolute atomic E-state index is 5.20. The monoisotopic (exact) mass is 111 g/mol. The highest BCUT2D eigenvalue weighted by Gasteiger charge is 2.17. The summed E-state index contributed by atoms with van der Waals surface area (Å²) in [5, 5.41) is 0. The van der Waals surface area contributed by atoms with Gasteiger partial charge in [0.25, 0.3) is 0 Å². The Hall–Kier alpha value is -0.500. The highest BCUT2D eigenvalue weighted by Crippen LogP contribution is 2.23. The number of fused-ring (bicyclic) bond motifs is 1. The lowest BCUT2D eigenvalue weighted by atomic mass is 10.3. The first kappa shape index (κ1) is 4.39. The van der Waals surface area contributed by atoms with Crippen LogP contribution in [0.4, 0.5) is 0 Å². The van der Waals surface area contributed by atoms with E-state index < -0.39 is 0 Å². The van der Waals surface area contributed by atoms with E-state index in [2.05, 4.69) is 0 Å². The molecule has 1 atom stereocenters. The molecule has 0 aromatic rings. The minimum atomic E-state index is 0.190. The number of ether oxygens (including phenoxy) is 2. The fourth-order valence-electron chi connectivity index (χ4n) is 0.989. The van der Waals surface area contributed by atoms with Crippen LogP contribution in [-0.2, 0) is 9.47 Å². The van der Waals surface area contributed by atoms with E-state index in [4.69, 9.17) is 9.47 Å². The molecule has 1 fully saturated rings. The molecule has 1 saturated heterocycles. The van der Waals surface area contributed by atoms with Crippen LogP contribution in [0.1, 0.15) is 0 Å². The Kier molecular flexibility index (Phi) is 0.815. The van der Waals surface area contributed by atoms with Crippen LogP contribution in [0.5, 0.6) is 0 Å². The zero-order valence-electron chi connectivity index (χ0n) is 4.46. The fourth-order valence-corrected chi connectivity index (χ4v) is 0.989. The van der Waals surface area contributed by atoms with Gasteiger partial charge in [0.15, 0.2) is 0 Å². The lowest BCUT2D eigenvalue weighted by Crippen LogP contribution is -2.03. The first-order valence-corrected chi connectivity index (χ1v) is 2.74. The molecule has 2 nitrogen and oxygen atoms in total. The molecular formula is C6H7O2-. The van der Waals surface area contributed by atoms with Crippen molar-refractivity contribution >= 4 is 0 Å². The maximum Gasteiger partial charge on any atom is 0.0884 e. The van der Waals surface area contributed by atoms with Gasteiger partial charge in [0.1, 0.15) is 0 Å². The molecule has 2 aliphatic heterocycles. The smallest absolute Gasteiger partial charge is 0.0884 e. The Morgan fingerprint density at radius 2 is 2.75 bits per heavy atom. The Balaban J connectivity index is 2.20. The minimum absolute atomic E-state index is 0.190. The van der Waals surface area contributed by atoms with Crippen molar-refractivity contribution in [2.45, 2.75) is 6.10 Å². The molecule has 0 saturated carbocycles. The van der Waals surface area contributed by atoms with Crippen molar-refractivity contribution in [1.29, 1.82) is 0 Å². The highest BCUT2D eigenvalue weighted by molar-refractivity contribution is 5.15. The second-order valence-corrected chi connectivity index (χ2v) is 1.91. The Bertz CT molecular complexity index is 128. The molecule has 0 radical (unpaired) electrons. The molecule has 0 bridgehead atoms. The van der Waals surface area contributed by atoms with Gasteiger partial charge in [0.05, 0.1) is 12.4 Å². The molecule has 0 N–H and O–H groups in total. The van der Waals surface area contributed by atoms with E-state index in [0.717, 1.165) is 19.0 Å². The van der Waals surface area contributed by atoms with Crippen molar-refractivity contribution < 1.29 is 9.47 Å². The second kappa shape index (κ2) is 1.49. The maximum atomic E-state index is 5.20. The standard InChI is InChI=1S/C6H7O2/c1-3-7-6-2-4-8-5(1)6/h1-2,5H,3-4H2/q-1. The topological polar surface area (TPSA) is 18.5 Å². The second-order valence-electron chi connectivity index (χ2n) is 1.91. The third-order valence-electron chi connectivity index (χ3n) is 1.40. The van der Waals surface area contributed by atoms with E-state index in [1.165, 1.54) is 0 Å². The molecule has 8 heavy (non-hydrogen) atoms. The van der Waals surface area contributed by atoms with Crippen LogP contribution in [0, 0.1) is 6.42 Å². The third-order valence-corrected chi connectivity index (χ3v) is 1.40. The molecule has 0 aliphatic carbocycles. The summed E-state index contributed by atoms with van der Waals surface area (Å²) in [5.41, 5.74) is 0. The van der Waals surface area contributed by atoms with Gasteiger partial charge in [-0.1, -0.05) is 0 Å². The van der Waals surface area contributed by atoms with E-state index in [1.807, 2.05) is 12.5 Å². The summed E-state index contributed by atoms with van der Waals surface area (Å²) in [7, 11) is 0. The quantitative estimate of drug-likeness (QED) is 0.424. The van der Waals surface area contributed by atoms with Gasteiger partial charge < -0.3 is 9.47 Å². The summed E-state index contributed by atoms with van der Waals surface area (Å²) in [6.45, 7) is 1.44. The van der Waals surface area contributed by atoms with Crippen LogP contribution >= 0.6 is 0 Å². The average molecular weight is 111 g/mol. The molecule has 0 aromatic carbocycles. The van der Waals surface area contributed by atoms with Gasteiger partial charge in [-0.25, -0.2) is 0 Å². The third kappa shape index (κ3) is 0.464. The normalized spacial score (nSPS) is 34.0. The van der Waals surface area contributed by atoms with Crippen molar-refractivity contribution in [1.82, 2.24) is 0 Å². The van der Waals surface area contributed by atoms with Crippen LogP contribution in [0.3, 0.4) is 0 Å². The van der Waals surface area contributed by atoms with Crippen molar-refractivity contribution in [2.75, 3.05) is 13.2 Å². The van der Waals surface area contributed by atoms with Crippen LogP contribution in [0.2, 0.25) is 0 Å². The Morgan fingerprint density at radius 3 is 3.62 bits per heavy atom. The molecule has 0 amide bonds. The summed E-state index contributed by atoms with van der Waals surface area (Å²) in [6.07, 6.45) is 4.20. The highest BCUT2D eigenvalue weighted by atomic mass is 16.6. The van der Waals surface area contributed by atoms with E-state index in [-0.39, 0.29) is 6.10 Å². The van der Waals surface area contributed by atoms with Gasteiger partial charge in [0.2, 0.25) is 0 Å². The van der Waals surface area contributed by atoms with Gasteiger partial charge in [-0.2, -0.15) is 0 Å². The molecule has 2 rings (SSSR count). The van der Waals surface area contributed by atoms with Crippen LogP contribution < -0.4 is 0 Å². The summed E-state index contributed by atoms with van der Waals surface area (Å²) in [4.78, 5) is 0. The van der Waals surface area contributed by atoms with Crippen molar-refractivity contribution in [3.63, 3.8) is 0 Å². The Morgan fingerprint density at radius 1 is 1.75 bits per heavy atom. The fraction of sp³-hybridized carbons (Fsp3) is 0.500. The zero-order chi connectivity index (χ0) is 5.40. The predicted molar refractivity (Wildman–Crippen MR) is 28.1 cm³/mol. The SMILES string of the molecule is C1=C2OC[CH-]C2OC1. The van der Waals surface area contributed by atoms with Gasteiger partial charge in [-0.3, -0.25) is 6.42 Å². The molecule has 2 heterocycles. The van der Waals surface area contributed by atoms with Gasteiger partial charge >= 0.3 is 0 Å². The lowest BCUT2D eigenvalue weighted by molar-refractivity contribution is 0.139. The summed E-state index contributed by atoms with van der Waals surface area (Å²) < 4.78 is 10.4. The summed E-state index contributed by atoms with van der Waals surface area (Å²) in [5.74, 6) is 1.00. The molecule has 0 spiro atoms. The van der Waals surface area contributed by atoms with Crippen molar-refractivity contribution in [2.24, 2.45) is 0 Å². The molecule has 1 unspecified atom stereocenters. The van der Waals surface area contributed by atoms with Gasteiger partial charge in [-0.05, 0) is 18.8 Å². The molecule has 0 aromatic heterocycles. The molecular weight excluding hydrogens is 104 g/mol.